The van der Waals surface area contributed by atoms with Gasteiger partial charge in [-0.25, -0.2) is 4.79 Å². The molecule has 1 atom stereocenters. The SMILES string of the molecule is Cc1ccc(S(=O)(=O)OCC(OC(N)=O)(C(C)C)C(C)(C)C)cc1. The highest BCUT2D eigenvalue weighted by atomic mass is 32.2. The zero-order valence-electron chi connectivity index (χ0n) is 15.1. The van der Waals surface area contributed by atoms with Crippen molar-refractivity contribution in [2.75, 3.05) is 6.61 Å². The van der Waals surface area contributed by atoms with Gasteiger partial charge in [-0.2, -0.15) is 8.42 Å². The average Bonchev–Trinajstić information content (AvgIpc) is 2.42. The van der Waals surface area contributed by atoms with Gasteiger partial charge in [0.05, 0.1) is 4.90 Å². The highest BCUT2D eigenvalue weighted by Gasteiger charge is 2.49. The molecule has 136 valence electrons. The van der Waals surface area contributed by atoms with Crippen LogP contribution < -0.4 is 5.73 Å². The van der Waals surface area contributed by atoms with E-state index in [0.717, 1.165) is 5.56 Å². The minimum absolute atomic E-state index is 0.0544. The van der Waals surface area contributed by atoms with Crippen LogP contribution in [0.1, 0.15) is 40.2 Å². The van der Waals surface area contributed by atoms with Crippen molar-refractivity contribution in [2.45, 2.75) is 52.0 Å². The van der Waals surface area contributed by atoms with E-state index in [9.17, 15) is 13.2 Å². The van der Waals surface area contributed by atoms with E-state index in [0.29, 0.717) is 0 Å². The summed E-state index contributed by atoms with van der Waals surface area (Å²) in [5, 5.41) is 0. The van der Waals surface area contributed by atoms with E-state index in [2.05, 4.69) is 0 Å². The molecule has 0 radical (unpaired) electrons. The predicted octanol–water partition coefficient (Wildman–Crippen LogP) is 3.24. The summed E-state index contributed by atoms with van der Waals surface area (Å²) in [5.41, 5.74) is 4.39. The van der Waals surface area contributed by atoms with Crippen molar-refractivity contribution in [3.8, 4) is 0 Å². The van der Waals surface area contributed by atoms with Crippen LogP contribution in [0, 0.1) is 18.3 Å². The summed E-state index contributed by atoms with van der Waals surface area (Å²) in [7, 11) is -3.97. The standard InChI is InChI=1S/C17H27NO5S/c1-12(2)17(16(4,5)6,23-15(18)19)11-22-24(20,21)14-9-7-13(3)8-10-14/h7-10,12H,11H2,1-6H3,(H2,18,19). The van der Waals surface area contributed by atoms with E-state index in [-0.39, 0.29) is 17.4 Å². The normalized spacial score (nSPS) is 15.1. The minimum Gasteiger partial charge on any atom is -0.440 e. The Morgan fingerprint density at radius 2 is 1.67 bits per heavy atom. The molecular weight excluding hydrogens is 330 g/mol. The molecule has 0 bridgehead atoms. The van der Waals surface area contributed by atoms with Gasteiger partial charge in [-0.05, 0) is 25.0 Å². The van der Waals surface area contributed by atoms with Crippen LogP contribution in [-0.2, 0) is 19.0 Å². The van der Waals surface area contributed by atoms with Crippen molar-refractivity contribution in [2.24, 2.45) is 17.1 Å². The summed E-state index contributed by atoms with van der Waals surface area (Å²) >= 11 is 0. The summed E-state index contributed by atoms with van der Waals surface area (Å²) in [6.07, 6.45) is -0.963. The summed E-state index contributed by atoms with van der Waals surface area (Å²) in [4.78, 5) is 11.4. The van der Waals surface area contributed by atoms with E-state index in [1.165, 1.54) is 12.1 Å². The van der Waals surface area contributed by atoms with Crippen LogP contribution in [0.5, 0.6) is 0 Å². The number of hydrogen-bond acceptors (Lipinski definition) is 5. The fourth-order valence-electron chi connectivity index (χ4n) is 2.67. The van der Waals surface area contributed by atoms with E-state index < -0.39 is 27.2 Å². The second-order valence-electron chi connectivity index (χ2n) is 7.24. The summed E-state index contributed by atoms with van der Waals surface area (Å²) in [6, 6.07) is 6.34. The first-order valence-electron chi connectivity index (χ1n) is 7.76. The Bertz CT molecular complexity index is 674. The number of primary amides is 1. The first-order chi connectivity index (χ1) is 10.8. The van der Waals surface area contributed by atoms with E-state index in [1.54, 1.807) is 12.1 Å². The van der Waals surface area contributed by atoms with Crippen molar-refractivity contribution >= 4 is 16.2 Å². The summed E-state index contributed by atoms with van der Waals surface area (Å²) in [6.45, 7) is 10.7. The maximum Gasteiger partial charge on any atom is 0.405 e. The molecule has 2 N–H and O–H groups in total. The molecule has 0 aliphatic carbocycles. The molecule has 1 unspecified atom stereocenters. The number of carbonyl (C=O) groups is 1. The van der Waals surface area contributed by atoms with E-state index >= 15 is 0 Å². The van der Waals surface area contributed by atoms with Crippen LogP contribution in [0.2, 0.25) is 0 Å². The predicted molar refractivity (Wildman–Crippen MR) is 92.0 cm³/mol. The van der Waals surface area contributed by atoms with E-state index in [4.69, 9.17) is 14.7 Å². The first-order valence-corrected chi connectivity index (χ1v) is 9.17. The molecule has 1 amide bonds. The number of rotatable bonds is 6. The molecule has 0 saturated carbocycles. The number of ether oxygens (including phenoxy) is 1. The second kappa shape index (κ2) is 7.11. The van der Waals surface area contributed by atoms with Gasteiger partial charge >= 0.3 is 6.09 Å². The molecule has 1 rings (SSSR count). The van der Waals surface area contributed by atoms with Crippen molar-refractivity contribution in [3.63, 3.8) is 0 Å². The van der Waals surface area contributed by atoms with Crippen LogP contribution in [0.4, 0.5) is 4.79 Å². The van der Waals surface area contributed by atoms with Gasteiger partial charge in [-0.3, -0.25) is 4.18 Å². The molecule has 6 nitrogen and oxygen atoms in total. The Morgan fingerprint density at radius 1 is 1.17 bits per heavy atom. The number of carbonyl (C=O) groups excluding carboxylic acids is 1. The van der Waals surface area contributed by atoms with Crippen molar-refractivity contribution in [1.82, 2.24) is 0 Å². The van der Waals surface area contributed by atoms with Gasteiger partial charge in [-0.15, -0.1) is 0 Å². The Hall–Kier alpha value is -1.60. The van der Waals surface area contributed by atoms with Crippen LogP contribution in [0.15, 0.2) is 29.2 Å². The summed E-state index contributed by atoms with van der Waals surface area (Å²) < 4.78 is 35.5. The number of hydrogen-bond donors (Lipinski definition) is 1. The maximum atomic E-state index is 12.4. The zero-order valence-corrected chi connectivity index (χ0v) is 15.9. The lowest BCUT2D eigenvalue weighted by atomic mass is 9.70. The molecule has 0 saturated heterocycles. The van der Waals surface area contributed by atoms with Crippen molar-refractivity contribution < 1.29 is 22.1 Å². The maximum absolute atomic E-state index is 12.4. The Morgan fingerprint density at radius 3 is 2.04 bits per heavy atom. The van der Waals surface area contributed by atoms with Crippen LogP contribution >= 0.6 is 0 Å². The summed E-state index contributed by atoms with van der Waals surface area (Å²) in [5.74, 6) is -0.210. The lowest BCUT2D eigenvalue weighted by Gasteiger charge is -2.45. The fraction of sp³-hybridized carbons (Fsp3) is 0.588. The Labute approximate surface area is 144 Å². The van der Waals surface area contributed by atoms with Gasteiger partial charge in [0.1, 0.15) is 12.2 Å². The van der Waals surface area contributed by atoms with Crippen LogP contribution in [0.3, 0.4) is 0 Å². The third-order valence-electron chi connectivity index (χ3n) is 4.22. The van der Waals surface area contributed by atoms with Gasteiger partial charge < -0.3 is 10.5 Å². The van der Waals surface area contributed by atoms with Gasteiger partial charge in [-0.1, -0.05) is 52.3 Å². The topological polar surface area (TPSA) is 95.7 Å². The molecule has 0 fully saturated rings. The van der Waals surface area contributed by atoms with E-state index in [1.807, 2.05) is 41.5 Å². The molecule has 7 heteroatoms. The van der Waals surface area contributed by atoms with Gasteiger partial charge in [0.25, 0.3) is 10.1 Å². The number of nitrogens with two attached hydrogens (primary N) is 1. The Kier molecular flexibility index (Phi) is 6.05. The smallest absolute Gasteiger partial charge is 0.405 e. The average molecular weight is 357 g/mol. The molecular formula is C17H27NO5S. The number of benzene rings is 1. The monoisotopic (exact) mass is 357 g/mol. The molecule has 0 spiro atoms. The van der Waals surface area contributed by atoms with Crippen LogP contribution in [-0.4, -0.2) is 26.7 Å². The van der Waals surface area contributed by atoms with Crippen molar-refractivity contribution in [3.05, 3.63) is 29.8 Å². The van der Waals surface area contributed by atoms with Gasteiger partial charge in [0.15, 0.2) is 0 Å². The van der Waals surface area contributed by atoms with Crippen molar-refractivity contribution in [1.29, 1.82) is 0 Å². The minimum atomic E-state index is -3.97. The third-order valence-corrected chi connectivity index (χ3v) is 5.50. The second-order valence-corrected chi connectivity index (χ2v) is 8.86. The molecule has 0 aliphatic heterocycles. The molecule has 24 heavy (non-hydrogen) atoms. The molecule has 0 aromatic heterocycles. The molecule has 1 aromatic carbocycles. The van der Waals surface area contributed by atoms with Gasteiger partial charge in [0.2, 0.25) is 0 Å². The van der Waals surface area contributed by atoms with Crippen LogP contribution in [0.25, 0.3) is 0 Å². The highest BCUT2D eigenvalue weighted by molar-refractivity contribution is 7.86. The fourth-order valence-corrected chi connectivity index (χ4v) is 3.60. The number of amides is 1. The largest absolute Gasteiger partial charge is 0.440 e. The highest BCUT2D eigenvalue weighted by Crippen LogP contribution is 2.41. The zero-order chi connectivity index (χ0) is 18.8. The molecule has 1 aromatic rings. The third kappa shape index (κ3) is 4.48. The quantitative estimate of drug-likeness (QED) is 0.789. The molecule has 0 heterocycles. The molecule has 0 aliphatic rings. The lowest BCUT2D eigenvalue weighted by Crippen LogP contribution is -2.55. The number of aryl methyl sites for hydroxylation is 1. The first kappa shape index (κ1) is 20.4. The lowest BCUT2D eigenvalue weighted by molar-refractivity contribution is -0.121. The van der Waals surface area contributed by atoms with Gasteiger partial charge in [0, 0.05) is 5.41 Å². The Balaban J connectivity index is 3.15.